The standard InChI is InChI=1S/C18H25BrFN3O3/c1-12(16(24)21-15-6-5-13(19)11-14(15)20)22-7-9-23(10-8-22)17(25)26-18(2,3)4/h5-6,11-12H,7-10H2,1-4H3,(H,21,24). The van der Waals surface area contributed by atoms with Gasteiger partial charge in [0.2, 0.25) is 5.91 Å². The van der Waals surface area contributed by atoms with Gasteiger partial charge in [-0.05, 0) is 45.9 Å². The SMILES string of the molecule is CC(C(=O)Nc1ccc(Br)cc1F)N1CCN(C(=O)OC(C)(C)C)CC1. The van der Waals surface area contributed by atoms with E-state index < -0.39 is 17.5 Å². The Labute approximate surface area is 161 Å². The normalized spacial score (nSPS) is 16.9. The average molecular weight is 430 g/mol. The van der Waals surface area contributed by atoms with Gasteiger partial charge >= 0.3 is 6.09 Å². The van der Waals surface area contributed by atoms with Crippen LogP contribution in [0.4, 0.5) is 14.9 Å². The van der Waals surface area contributed by atoms with E-state index in [4.69, 9.17) is 4.74 Å². The van der Waals surface area contributed by atoms with Crippen LogP contribution in [0.3, 0.4) is 0 Å². The summed E-state index contributed by atoms with van der Waals surface area (Å²) in [7, 11) is 0. The highest BCUT2D eigenvalue weighted by molar-refractivity contribution is 9.10. The second-order valence-corrected chi connectivity index (χ2v) is 8.21. The van der Waals surface area contributed by atoms with Crippen molar-refractivity contribution in [2.24, 2.45) is 0 Å². The number of hydrogen-bond donors (Lipinski definition) is 1. The molecule has 0 radical (unpaired) electrons. The molecule has 6 nitrogen and oxygen atoms in total. The van der Waals surface area contributed by atoms with Crippen LogP contribution in [0.15, 0.2) is 22.7 Å². The van der Waals surface area contributed by atoms with Crippen LogP contribution in [0.25, 0.3) is 0 Å². The second-order valence-electron chi connectivity index (χ2n) is 7.29. The first-order chi connectivity index (χ1) is 12.1. The molecule has 144 valence electrons. The summed E-state index contributed by atoms with van der Waals surface area (Å²) < 4.78 is 19.9. The van der Waals surface area contributed by atoms with Crippen molar-refractivity contribution in [1.29, 1.82) is 0 Å². The van der Waals surface area contributed by atoms with Crippen LogP contribution in [-0.4, -0.2) is 59.6 Å². The van der Waals surface area contributed by atoms with Gasteiger partial charge < -0.3 is 15.0 Å². The second kappa shape index (κ2) is 8.35. The molecule has 1 aliphatic heterocycles. The topological polar surface area (TPSA) is 61.9 Å². The van der Waals surface area contributed by atoms with Crippen LogP contribution >= 0.6 is 15.9 Å². The zero-order valence-corrected chi connectivity index (χ0v) is 17.1. The maximum absolute atomic E-state index is 13.9. The van der Waals surface area contributed by atoms with E-state index >= 15 is 0 Å². The van der Waals surface area contributed by atoms with E-state index in [0.29, 0.717) is 30.7 Å². The van der Waals surface area contributed by atoms with Crippen molar-refractivity contribution in [1.82, 2.24) is 9.80 Å². The molecule has 1 aromatic carbocycles. The molecule has 1 unspecified atom stereocenters. The van der Waals surface area contributed by atoms with Gasteiger partial charge in [0.05, 0.1) is 11.7 Å². The number of nitrogens with zero attached hydrogens (tertiary/aromatic N) is 2. The van der Waals surface area contributed by atoms with Crippen molar-refractivity contribution in [3.05, 3.63) is 28.5 Å². The number of hydrogen-bond acceptors (Lipinski definition) is 4. The van der Waals surface area contributed by atoms with Gasteiger partial charge in [0.15, 0.2) is 0 Å². The van der Waals surface area contributed by atoms with Crippen molar-refractivity contribution < 1.29 is 18.7 Å². The minimum atomic E-state index is -0.532. The number of piperazine rings is 1. The van der Waals surface area contributed by atoms with E-state index in [9.17, 15) is 14.0 Å². The lowest BCUT2D eigenvalue weighted by Gasteiger charge is -2.37. The fourth-order valence-corrected chi connectivity index (χ4v) is 2.95. The molecule has 0 bridgehead atoms. The van der Waals surface area contributed by atoms with Crippen molar-refractivity contribution in [3.8, 4) is 0 Å². The van der Waals surface area contributed by atoms with Crippen molar-refractivity contribution in [3.63, 3.8) is 0 Å². The van der Waals surface area contributed by atoms with E-state index in [-0.39, 0.29) is 17.7 Å². The molecular formula is C18H25BrFN3O3. The third kappa shape index (κ3) is 5.67. The Morgan fingerprint density at radius 2 is 1.85 bits per heavy atom. The summed E-state index contributed by atoms with van der Waals surface area (Å²) in [6.45, 7) is 9.33. The van der Waals surface area contributed by atoms with Gasteiger partial charge in [-0.2, -0.15) is 0 Å². The van der Waals surface area contributed by atoms with Gasteiger partial charge in [0.25, 0.3) is 0 Å². The van der Waals surface area contributed by atoms with Crippen LogP contribution in [0.2, 0.25) is 0 Å². The summed E-state index contributed by atoms with van der Waals surface area (Å²) in [5.74, 6) is -0.772. The first-order valence-corrected chi connectivity index (χ1v) is 9.34. The molecule has 0 aromatic heterocycles. The fraction of sp³-hybridized carbons (Fsp3) is 0.556. The number of ether oxygens (including phenoxy) is 1. The van der Waals surface area contributed by atoms with E-state index in [0.717, 1.165) is 0 Å². The van der Waals surface area contributed by atoms with Crippen molar-refractivity contribution in [2.45, 2.75) is 39.3 Å². The van der Waals surface area contributed by atoms with Gasteiger partial charge in [-0.15, -0.1) is 0 Å². The van der Waals surface area contributed by atoms with Crippen LogP contribution in [0, 0.1) is 5.82 Å². The van der Waals surface area contributed by atoms with E-state index in [1.165, 1.54) is 12.1 Å². The number of nitrogens with one attached hydrogen (secondary N) is 1. The number of benzene rings is 1. The summed E-state index contributed by atoms with van der Waals surface area (Å²) in [5.41, 5.74) is -0.381. The van der Waals surface area contributed by atoms with Crippen LogP contribution in [0.5, 0.6) is 0 Å². The third-order valence-corrected chi connectivity index (χ3v) is 4.58. The number of anilines is 1. The average Bonchev–Trinajstić information content (AvgIpc) is 2.55. The monoisotopic (exact) mass is 429 g/mol. The van der Waals surface area contributed by atoms with Crippen molar-refractivity contribution in [2.75, 3.05) is 31.5 Å². The van der Waals surface area contributed by atoms with Gasteiger partial charge in [0.1, 0.15) is 11.4 Å². The molecule has 1 N–H and O–H groups in total. The number of carbonyl (C=O) groups excluding carboxylic acids is 2. The minimum Gasteiger partial charge on any atom is -0.444 e. The van der Waals surface area contributed by atoms with Crippen LogP contribution < -0.4 is 5.32 Å². The first-order valence-electron chi connectivity index (χ1n) is 8.55. The molecule has 1 atom stereocenters. The molecule has 8 heteroatoms. The summed E-state index contributed by atoms with van der Waals surface area (Å²) in [4.78, 5) is 28.1. The van der Waals surface area contributed by atoms with Crippen LogP contribution in [0.1, 0.15) is 27.7 Å². The first kappa shape index (κ1) is 20.6. The highest BCUT2D eigenvalue weighted by Gasteiger charge is 2.30. The maximum Gasteiger partial charge on any atom is 0.410 e. The molecular weight excluding hydrogens is 405 g/mol. The lowest BCUT2D eigenvalue weighted by atomic mass is 10.2. The molecule has 0 saturated carbocycles. The molecule has 1 aromatic rings. The summed E-state index contributed by atoms with van der Waals surface area (Å²) in [6, 6.07) is 4.06. The molecule has 2 rings (SSSR count). The minimum absolute atomic E-state index is 0.150. The highest BCUT2D eigenvalue weighted by atomic mass is 79.9. The number of amides is 2. The molecule has 1 saturated heterocycles. The Hall–Kier alpha value is -1.67. The molecule has 0 aliphatic carbocycles. The number of halogens is 2. The largest absolute Gasteiger partial charge is 0.444 e. The fourth-order valence-electron chi connectivity index (χ4n) is 2.61. The van der Waals surface area contributed by atoms with E-state index in [2.05, 4.69) is 21.2 Å². The van der Waals surface area contributed by atoms with Gasteiger partial charge in [-0.25, -0.2) is 9.18 Å². The molecule has 0 spiro atoms. The van der Waals surface area contributed by atoms with E-state index in [1.807, 2.05) is 25.7 Å². The lowest BCUT2D eigenvalue weighted by molar-refractivity contribution is -0.121. The maximum atomic E-state index is 13.9. The molecule has 26 heavy (non-hydrogen) atoms. The third-order valence-electron chi connectivity index (χ3n) is 4.08. The Kier molecular flexibility index (Phi) is 6.63. The summed E-state index contributed by atoms with van der Waals surface area (Å²) in [6.07, 6.45) is -0.341. The smallest absolute Gasteiger partial charge is 0.410 e. The van der Waals surface area contributed by atoms with Crippen molar-refractivity contribution >= 4 is 33.6 Å². The Bertz CT molecular complexity index is 670. The molecule has 1 fully saturated rings. The Morgan fingerprint density at radius 1 is 1.23 bits per heavy atom. The highest BCUT2D eigenvalue weighted by Crippen LogP contribution is 2.20. The van der Waals surface area contributed by atoms with Gasteiger partial charge in [0, 0.05) is 30.7 Å². The predicted molar refractivity (Wildman–Crippen MR) is 102 cm³/mol. The molecule has 1 aliphatic rings. The quantitative estimate of drug-likeness (QED) is 0.798. The zero-order chi connectivity index (χ0) is 19.5. The zero-order valence-electron chi connectivity index (χ0n) is 15.5. The Morgan fingerprint density at radius 3 is 2.38 bits per heavy atom. The molecule has 2 amide bonds. The Balaban J connectivity index is 1.88. The summed E-state index contributed by atoms with van der Waals surface area (Å²) >= 11 is 3.19. The predicted octanol–water partition coefficient (Wildman–Crippen LogP) is 3.47. The lowest BCUT2D eigenvalue weighted by Crippen LogP contribution is -2.54. The van der Waals surface area contributed by atoms with Crippen LogP contribution in [-0.2, 0) is 9.53 Å². The van der Waals surface area contributed by atoms with Gasteiger partial charge in [-0.1, -0.05) is 15.9 Å². The molecule has 1 heterocycles. The number of carbonyl (C=O) groups is 2. The van der Waals surface area contributed by atoms with Gasteiger partial charge in [-0.3, -0.25) is 9.69 Å². The summed E-state index contributed by atoms with van der Waals surface area (Å²) in [5, 5.41) is 2.62. The van der Waals surface area contributed by atoms with E-state index in [1.54, 1.807) is 17.9 Å². The number of rotatable bonds is 3.